The number of fused-ring (bicyclic) bond motifs is 6. The van der Waals surface area contributed by atoms with Gasteiger partial charge >= 0.3 is 0 Å². The van der Waals surface area contributed by atoms with E-state index in [0.717, 1.165) is 105 Å². The third-order valence-electron chi connectivity index (χ3n) is 17.9. The molecule has 3 aromatic carbocycles. The van der Waals surface area contributed by atoms with E-state index < -0.39 is 0 Å². The van der Waals surface area contributed by atoms with Crippen molar-refractivity contribution in [3.63, 3.8) is 0 Å². The molecule has 0 bridgehead atoms. The predicted octanol–water partition coefficient (Wildman–Crippen LogP) is 11.1. The van der Waals surface area contributed by atoms with Crippen LogP contribution in [-0.2, 0) is 0 Å². The Kier molecular flexibility index (Phi) is 20.3. The second-order valence-electron chi connectivity index (χ2n) is 24.5. The van der Waals surface area contributed by atoms with Gasteiger partial charge in [-0.3, -0.25) is 19.2 Å². The molecule has 0 radical (unpaired) electrons. The number of anilines is 17. The second-order valence-corrected chi connectivity index (χ2v) is 28.0. The molecule has 9 aromatic rings. The minimum absolute atomic E-state index is 0.118. The Hall–Kier alpha value is -10.0. The molecule has 5 aliphatic heterocycles. The summed E-state index contributed by atoms with van der Waals surface area (Å²) in [6.45, 7) is 28.4. The molecule has 4 amide bonds. The van der Waals surface area contributed by atoms with Crippen molar-refractivity contribution in [2.75, 3.05) is 169 Å². The van der Waals surface area contributed by atoms with Crippen LogP contribution in [-0.4, -0.2) is 192 Å². The van der Waals surface area contributed by atoms with Gasteiger partial charge in [-0.05, 0) is 148 Å². The Bertz CT molecular complexity index is 4500. The largest absolute Gasteiger partial charge is 0.369 e. The van der Waals surface area contributed by atoms with Crippen LogP contribution >= 0.6 is 34.0 Å². The molecular formula is C69H83N23O4S3. The number of thiazole rings is 3. The molecule has 27 nitrogen and oxygen atoms in total. The predicted molar refractivity (Wildman–Crippen MR) is 399 cm³/mol. The number of hydrogen-bond donors (Lipinski definition) is 4. The first-order chi connectivity index (χ1) is 47.7. The number of aromatic nitrogens is 9. The van der Waals surface area contributed by atoms with Crippen molar-refractivity contribution in [1.29, 1.82) is 0 Å². The van der Waals surface area contributed by atoms with Gasteiger partial charge in [0, 0.05) is 134 Å². The summed E-state index contributed by atoms with van der Waals surface area (Å²) in [4.78, 5) is 113. The molecule has 516 valence electrons. The van der Waals surface area contributed by atoms with Crippen LogP contribution in [0.1, 0.15) is 95.7 Å². The summed E-state index contributed by atoms with van der Waals surface area (Å²) >= 11 is 4.48. The van der Waals surface area contributed by atoms with Gasteiger partial charge in [-0.15, -0.1) is 34.0 Å². The summed E-state index contributed by atoms with van der Waals surface area (Å²) in [5.74, 6) is 2.87. The lowest BCUT2D eigenvalue weighted by Crippen LogP contribution is -2.44. The van der Waals surface area contributed by atoms with Crippen LogP contribution in [0.2, 0.25) is 0 Å². The molecule has 0 unspecified atom stereocenters. The van der Waals surface area contributed by atoms with Crippen molar-refractivity contribution in [2.24, 2.45) is 0 Å². The van der Waals surface area contributed by atoms with Gasteiger partial charge < -0.3 is 70.3 Å². The van der Waals surface area contributed by atoms with E-state index in [1.807, 2.05) is 77.3 Å². The highest BCUT2D eigenvalue weighted by atomic mass is 32.1. The minimum atomic E-state index is -0.147. The Morgan fingerprint density at radius 2 is 0.869 bits per heavy atom. The first-order valence-corrected chi connectivity index (χ1v) is 35.6. The molecule has 0 spiro atoms. The summed E-state index contributed by atoms with van der Waals surface area (Å²) < 4.78 is 0. The Morgan fingerprint density at radius 1 is 0.444 bits per heavy atom. The highest BCUT2D eigenvalue weighted by molar-refractivity contribution is 7.17. The van der Waals surface area contributed by atoms with Crippen LogP contribution in [0.25, 0.3) is 0 Å². The van der Waals surface area contributed by atoms with E-state index in [2.05, 4.69) is 135 Å². The summed E-state index contributed by atoms with van der Waals surface area (Å²) in [5.41, 5.74) is 11.5. The van der Waals surface area contributed by atoms with E-state index in [1.54, 1.807) is 64.6 Å². The maximum atomic E-state index is 13.2. The third kappa shape index (κ3) is 14.1. The number of nitrogens with one attached hydrogen (secondary N) is 4. The van der Waals surface area contributed by atoms with Gasteiger partial charge in [-0.2, -0.15) is 15.0 Å². The molecule has 2 fully saturated rings. The first kappa shape index (κ1) is 68.9. The number of benzene rings is 3. The van der Waals surface area contributed by atoms with Crippen LogP contribution in [0.15, 0.2) is 79.3 Å². The van der Waals surface area contributed by atoms with Gasteiger partial charge in [0.1, 0.15) is 32.1 Å². The number of amides is 4. The Labute approximate surface area is 588 Å². The molecule has 6 aromatic heterocycles. The van der Waals surface area contributed by atoms with E-state index in [1.165, 1.54) is 50.9 Å². The lowest BCUT2D eigenvalue weighted by atomic mass is 10.1. The van der Waals surface area contributed by atoms with Crippen molar-refractivity contribution in [1.82, 2.24) is 60.0 Å². The molecule has 2 saturated heterocycles. The highest BCUT2D eigenvalue weighted by Crippen LogP contribution is 2.45. The Balaban J connectivity index is 0.000000141. The van der Waals surface area contributed by atoms with E-state index >= 15 is 0 Å². The summed E-state index contributed by atoms with van der Waals surface area (Å²) in [5, 5.41) is 17.5. The number of aryl methyl sites for hydroxylation is 5. The fraction of sp³-hybridized carbons (Fsp3) is 0.377. The summed E-state index contributed by atoms with van der Waals surface area (Å²) in [6.07, 6.45) is 5.11. The van der Waals surface area contributed by atoms with Crippen molar-refractivity contribution in [2.45, 2.75) is 62.3 Å². The monoisotopic (exact) mass is 1390 g/mol. The molecule has 5 aliphatic rings. The van der Waals surface area contributed by atoms with Gasteiger partial charge in [0.25, 0.3) is 23.6 Å². The molecule has 0 aliphatic carbocycles. The lowest BCUT2D eigenvalue weighted by Gasteiger charge is -2.35. The average Bonchev–Trinajstić information content (AvgIpc) is 1.64. The molecule has 0 saturated carbocycles. The maximum absolute atomic E-state index is 13.2. The zero-order valence-corrected chi connectivity index (χ0v) is 60.8. The number of rotatable bonds is 13. The molecular weight excluding hydrogens is 1310 g/mol. The fourth-order valence-corrected chi connectivity index (χ4v) is 15.2. The zero-order chi connectivity index (χ0) is 70.1. The fourth-order valence-electron chi connectivity index (χ4n) is 12.5. The number of carbonyl (C=O) groups excluding carboxylic acids is 4. The van der Waals surface area contributed by atoms with Gasteiger partial charge in [0.05, 0.1) is 33.6 Å². The smallest absolute Gasteiger partial charge is 0.280 e. The van der Waals surface area contributed by atoms with Crippen molar-refractivity contribution in [3.05, 3.63) is 128 Å². The second kappa shape index (κ2) is 29.2. The Morgan fingerprint density at radius 3 is 1.33 bits per heavy atom. The topological polar surface area (TPSA) is 265 Å². The van der Waals surface area contributed by atoms with Gasteiger partial charge in [0.2, 0.25) is 17.8 Å². The normalized spacial score (nSPS) is 15.3. The maximum Gasteiger partial charge on any atom is 0.280 e. The van der Waals surface area contributed by atoms with E-state index in [-0.39, 0.29) is 23.6 Å². The van der Waals surface area contributed by atoms with Gasteiger partial charge in [0.15, 0.2) is 34.5 Å². The molecule has 99 heavy (non-hydrogen) atoms. The number of hydrogen-bond acceptors (Lipinski definition) is 26. The van der Waals surface area contributed by atoms with E-state index in [0.29, 0.717) is 101 Å². The molecule has 0 atom stereocenters. The van der Waals surface area contributed by atoms with Crippen LogP contribution in [0.3, 0.4) is 0 Å². The SMILES string of the molecule is CCN1C(=O)c2nc(C)sc2N(C)c2nc(Nc3ccc(N4CCN(C)CC4)c(C)c3)ncc21.CCN1C(=O)c2nc(C)sc2N(C)c2nc(Nc3ccc(N4CCN(C)CC4)cc3C)ncc21.CCN1C(=O)c2nc(C)sc2N(CC)c2nc(Nc3ccc(C(=O)NC)cc3)ncc21. The third-order valence-corrected chi connectivity index (χ3v) is 21.0. The zero-order valence-electron chi connectivity index (χ0n) is 58.3. The minimum Gasteiger partial charge on any atom is -0.369 e. The molecule has 14 rings (SSSR count). The van der Waals surface area contributed by atoms with Crippen LogP contribution in [0.5, 0.6) is 0 Å². The van der Waals surface area contributed by atoms with Crippen molar-refractivity contribution in [3.8, 4) is 0 Å². The standard InChI is InChI=1S/2C24H30N8OS.C21H23N7O2S/c1-6-32-19-14-25-24(28-21(19)30(5)23-20(22(32)33)26-16(3)34-23)27-18-8-7-17(13-15(18)2)31-11-9-29(4)10-12-31;1-6-32-19-14-25-24(28-21(19)30(5)23-20(22(32)33)26-16(3)34-23)27-17-7-8-18(15(2)13-17)31-11-9-29(4)10-12-31;1-5-27-15-11-23-21(25-14-9-7-13(8-10-14)18(29)22-4)26-17(15)28(6-2)20-16(19(27)30)24-12(3)31-20/h2*7-8,13-14H,6,9-12H2,1-5H3,(H,25,27,28);7-11H,5-6H2,1-4H3,(H,22,29)(H,23,25,26). The number of likely N-dealkylation sites (N-methyl/N-ethyl adjacent to an activating group) is 2. The van der Waals surface area contributed by atoms with Crippen LogP contribution < -0.4 is 60.5 Å². The molecule has 30 heteroatoms. The summed E-state index contributed by atoms with van der Waals surface area (Å²) in [6, 6.07) is 19.9. The number of piperazine rings is 2. The van der Waals surface area contributed by atoms with E-state index in [4.69, 9.17) is 15.0 Å². The van der Waals surface area contributed by atoms with Crippen molar-refractivity contribution < 1.29 is 19.2 Å². The molecule has 4 N–H and O–H groups in total. The van der Waals surface area contributed by atoms with E-state index in [9.17, 15) is 19.2 Å². The van der Waals surface area contributed by atoms with Gasteiger partial charge in [-0.1, -0.05) is 0 Å². The molecule has 11 heterocycles. The van der Waals surface area contributed by atoms with Crippen LogP contribution in [0, 0.1) is 34.6 Å². The number of carbonyl (C=O) groups is 4. The highest BCUT2D eigenvalue weighted by Gasteiger charge is 2.37. The average molecular weight is 1390 g/mol. The lowest BCUT2D eigenvalue weighted by molar-refractivity contribution is 0.0958. The summed E-state index contributed by atoms with van der Waals surface area (Å²) in [7, 11) is 9.78. The number of nitrogens with zero attached hydrogens (tertiary/aromatic N) is 19. The van der Waals surface area contributed by atoms with Crippen LogP contribution in [0.4, 0.5) is 95.8 Å². The quantitative estimate of drug-likeness (QED) is 0.0836. The first-order valence-electron chi connectivity index (χ1n) is 33.1. The van der Waals surface area contributed by atoms with Crippen molar-refractivity contribution >= 4 is 153 Å². The van der Waals surface area contributed by atoms with Gasteiger partial charge in [-0.25, -0.2) is 29.9 Å².